The zero-order valence-electron chi connectivity index (χ0n) is 10.3. The fourth-order valence-electron chi connectivity index (χ4n) is 1.33. The van der Waals surface area contributed by atoms with Gasteiger partial charge in [0.15, 0.2) is 0 Å². The summed E-state index contributed by atoms with van der Waals surface area (Å²) < 4.78 is 39.1. The highest BCUT2D eigenvalue weighted by Gasteiger charge is 2.22. The summed E-state index contributed by atoms with van der Waals surface area (Å²) in [6.45, 7) is 1.37. The summed E-state index contributed by atoms with van der Waals surface area (Å²) in [5.74, 6) is -1.31. The number of nitrogens with one attached hydrogen (secondary N) is 2. The number of rotatable bonds is 4. The molecule has 6 nitrogen and oxygen atoms in total. The molecule has 1 rings (SSSR count). The van der Waals surface area contributed by atoms with Crippen LogP contribution in [0, 0.1) is 17.1 Å². The Hall–Kier alpha value is -1.98. The van der Waals surface area contributed by atoms with Gasteiger partial charge in [-0.3, -0.25) is 4.79 Å². The van der Waals surface area contributed by atoms with E-state index in [-0.39, 0.29) is 10.5 Å². The molecule has 0 aromatic heterocycles. The predicted octanol–water partition coefficient (Wildman–Crippen LogP) is 0.110. The summed E-state index contributed by atoms with van der Waals surface area (Å²) in [4.78, 5) is 11.0. The lowest BCUT2D eigenvalue weighted by molar-refractivity contribution is -0.121. The second-order valence-electron chi connectivity index (χ2n) is 3.71. The average molecular weight is 285 g/mol. The van der Waals surface area contributed by atoms with Crippen molar-refractivity contribution in [3.05, 3.63) is 29.6 Å². The molecule has 0 aliphatic carbocycles. The van der Waals surface area contributed by atoms with Crippen molar-refractivity contribution in [2.24, 2.45) is 0 Å². The Morgan fingerprint density at radius 1 is 1.47 bits per heavy atom. The molecular weight excluding hydrogens is 273 g/mol. The largest absolute Gasteiger partial charge is 0.358 e. The number of hydrogen-bond donors (Lipinski definition) is 2. The van der Waals surface area contributed by atoms with Crippen LogP contribution in [-0.4, -0.2) is 27.4 Å². The quantitative estimate of drug-likeness (QED) is 0.820. The first-order chi connectivity index (χ1) is 8.81. The maximum Gasteiger partial charge on any atom is 0.241 e. The molecule has 0 aliphatic heterocycles. The van der Waals surface area contributed by atoms with Crippen LogP contribution < -0.4 is 10.0 Å². The molecule has 1 unspecified atom stereocenters. The maximum absolute atomic E-state index is 13.1. The van der Waals surface area contributed by atoms with E-state index >= 15 is 0 Å². The van der Waals surface area contributed by atoms with Crippen molar-refractivity contribution in [2.75, 3.05) is 7.05 Å². The average Bonchev–Trinajstić information content (AvgIpc) is 2.37. The molecule has 0 spiro atoms. The number of nitriles is 1. The highest BCUT2D eigenvalue weighted by Crippen LogP contribution is 2.14. The lowest BCUT2D eigenvalue weighted by Gasteiger charge is -2.12. The van der Waals surface area contributed by atoms with E-state index in [0.717, 1.165) is 18.2 Å². The number of likely N-dealkylation sites (N-methyl/N-ethyl adjacent to an activating group) is 1. The van der Waals surface area contributed by atoms with Crippen molar-refractivity contribution in [3.63, 3.8) is 0 Å². The van der Waals surface area contributed by atoms with Crippen LogP contribution in [0.3, 0.4) is 0 Å². The van der Waals surface area contributed by atoms with Gasteiger partial charge in [-0.15, -0.1) is 0 Å². The maximum atomic E-state index is 13.1. The first-order valence-electron chi connectivity index (χ1n) is 5.25. The van der Waals surface area contributed by atoms with Gasteiger partial charge in [0, 0.05) is 7.05 Å². The SMILES string of the molecule is CNC(=O)C(C)NS(=O)(=O)c1ccc(F)c(C#N)c1. The number of amides is 1. The van der Waals surface area contributed by atoms with Crippen molar-refractivity contribution in [2.45, 2.75) is 17.9 Å². The number of sulfonamides is 1. The number of halogens is 1. The number of nitrogens with zero attached hydrogens (tertiary/aromatic N) is 1. The molecule has 0 fully saturated rings. The van der Waals surface area contributed by atoms with Crippen LogP contribution in [0.5, 0.6) is 0 Å². The second-order valence-corrected chi connectivity index (χ2v) is 5.42. The van der Waals surface area contributed by atoms with Crippen molar-refractivity contribution in [1.82, 2.24) is 10.0 Å². The van der Waals surface area contributed by atoms with Gasteiger partial charge in [-0.25, -0.2) is 12.8 Å². The van der Waals surface area contributed by atoms with Crippen molar-refractivity contribution >= 4 is 15.9 Å². The smallest absolute Gasteiger partial charge is 0.241 e. The van der Waals surface area contributed by atoms with Crippen LogP contribution in [0.2, 0.25) is 0 Å². The standard InChI is InChI=1S/C11H12FN3O3S/c1-7(11(16)14-2)15-19(17,18)9-3-4-10(12)8(5-9)6-13/h3-5,7,15H,1-2H3,(H,14,16). The van der Waals surface area contributed by atoms with Crippen LogP contribution in [-0.2, 0) is 14.8 Å². The molecule has 0 bridgehead atoms. The van der Waals surface area contributed by atoms with Crippen molar-refractivity contribution in [3.8, 4) is 6.07 Å². The fourth-order valence-corrected chi connectivity index (χ4v) is 2.56. The lowest BCUT2D eigenvalue weighted by Crippen LogP contribution is -2.43. The van der Waals surface area contributed by atoms with Gasteiger partial charge in [-0.2, -0.15) is 9.98 Å². The van der Waals surface area contributed by atoms with E-state index < -0.39 is 27.8 Å². The number of carbonyl (C=O) groups is 1. The third-order valence-corrected chi connectivity index (χ3v) is 3.88. The molecule has 102 valence electrons. The Bertz CT molecular complexity index is 637. The normalized spacial score (nSPS) is 12.5. The second kappa shape index (κ2) is 5.77. The number of carbonyl (C=O) groups excluding carboxylic acids is 1. The van der Waals surface area contributed by atoms with E-state index in [1.807, 2.05) is 0 Å². The molecule has 1 aromatic rings. The van der Waals surface area contributed by atoms with Gasteiger partial charge in [0.25, 0.3) is 0 Å². The van der Waals surface area contributed by atoms with Gasteiger partial charge < -0.3 is 5.32 Å². The minimum Gasteiger partial charge on any atom is -0.358 e. The summed E-state index contributed by atoms with van der Waals surface area (Å²) in [6, 6.07) is 3.39. The monoisotopic (exact) mass is 285 g/mol. The number of hydrogen-bond acceptors (Lipinski definition) is 4. The van der Waals surface area contributed by atoms with E-state index in [2.05, 4.69) is 10.0 Å². The van der Waals surface area contributed by atoms with Crippen molar-refractivity contribution < 1.29 is 17.6 Å². The zero-order chi connectivity index (χ0) is 14.6. The highest BCUT2D eigenvalue weighted by molar-refractivity contribution is 7.89. The van der Waals surface area contributed by atoms with Crippen molar-refractivity contribution in [1.29, 1.82) is 5.26 Å². The Kier molecular flexibility index (Phi) is 4.58. The van der Waals surface area contributed by atoms with Gasteiger partial charge in [-0.05, 0) is 25.1 Å². The van der Waals surface area contributed by atoms with E-state index in [0.29, 0.717) is 0 Å². The molecule has 0 saturated carbocycles. The minimum absolute atomic E-state index is 0.277. The first-order valence-corrected chi connectivity index (χ1v) is 6.73. The summed E-state index contributed by atoms with van der Waals surface area (Å²) in [6.07, 6.45) is 0. The molecule has 0 aliphatic rings. The molecule has 2 N–H and O–H groups in total. The Labute approximate surface area is 110 Å². The minimum atomic E-state index is -3.99. The third kappa shape index (κ3) is 3.49. The van der Waals surface area contributed by atoms with Gasteiger partial charge in [0.2, 0.25) is 15.9 Å². The summed E-state index contributed by atoms with van der Waals surface area (Å²) >= 11 is 0. The molecule has 0 saturated heterocycles. The fraction of sp³-hybridized carbons (Fsp3) is 0.273. The molecule has 1 amide bonds. The topological polar surface area (TPSA) is 99.1 Å². The van der Waals surface area contributed by atoms with Crippen LogP contribution >= 0.6 is 0 Å². The van der Waals surface area contributed by atoms with Crippen LogP contribution in [0.1, 0.15) is 12.5 Å². The zero-order valence-corrected chi connectivity index (χ0v) is 11.1. The molecule has 1 aromatic carbocycles. The Morgan fingerprint density at radius 3 is 2.63 bits per heavy atom. The third-order valence-electron chi connectivity index (χ3n) is 2.34. The first kappa shape index (κ1) is 15.1. The van der Waals surface area contributed by atoms with E-state index in [1.165, 1.54) is 14.0 Å². The van der Waals surface area contributed by atoms with Crippen LogP contribution in [0.4, 0.5) is 4.39 Å². The molecule has 8 heteroatoms. The van der Waals surface area contributed by atoms with Gasteiger partial charge in [-0.1, -0.05) is 0 Å². The van der Waals surface area contributed by atoms with Crippen LogP contribution in [0.25, 0.3) is 0 Å². The molecular formula is C11H12FN3O3S. The van der Waals surface area contributed by atoms with Gasteiger partial charge >= 0.3 is 0 Å². The highest BCUT2D eigenvalue weighted by atomic mass is 32.2. The van der Waals surface area contributed by atoms with E-state index in [9.17, 15) is 17.6 Å². The van der Waals surface area contributed by atoms with Gasteiger partial charge in [0.1, 0.15) is 11.9 Å². The molecule has 0 heterocycles. The molecule has 0 radical (unpaired) electrons. The summed E-state index contributed by atoms with van der Waals surface area (Å²) in [7, 11) is -2.62. The summed E-state index contributed by atoms with van der Waals surface area (Å²) in [5, 5.41) is 10.9. The van der Waals surface area contributed by atoms with Crippen LogP contribution in [0.15, 0.2) is 23.1 Å². The number of benzene rings is 1. The van der Waals surface area contributed by atoms with E-state index in [1.54, 1.807) is 6.07 Å². The molecule has 1 atom stereocenters. The van der Waals surface area contributed by atoms with E-state index in [4.69, 9.17) is 5.26 Å². The summed E-state index contributed by atoms with van der Waals surface area (Å²) in [5.41, 5.74) is -0.379. The molecule has 19 heavy (non-hydrogen) atoms. The lowest BCUT2D eigenvalue weighted by atomic mass is 10.2. The Balaban J connectivity index is 3.08. The predicted molar refractivity (Wildman–Crippen MR) is 65.0 cm³/mol. The van der Waals surface area contributed by atoms with Gasteiger partial charge in [0.05, 0.1) is 16.5 Å². The Morgan fingerprint density at radius 2 is 2.11 bits per heavy atom.